The molecule has 0 unspecified atom stereocenters. The van der Waals surface area contributed by atoms with Crippen molar-refractivity contribution in [1.29, 1.82) is 5.31 Å². The second kappa shape index (κ2) is 2.66. The van der Waals surface area contributed by atoms with Crippen LogP contribution in [0.15, 0.2) is 0 Å². The first-order chi connectivity index (χ1) is 1.91. The van der Waals surface area contributed by atoms with Crippen LogP contribution in [0.1, 0.15) is 0 Å². The van der Waals surface area contributed by atoms with Gasteiger partial charge in [0.1, 0.15) is 0 Å². The summed E-state index contributed by atoms with van der Waals surface area (Å²) in [5.74, 6) is 0. The van der Waals surface area contributed by atoms with Crippen LogP contribution in [0.3, 0.4) is 0 Å². The molecule has 0 aliphatic heterocycles. The Bertz CT molecular complexity index is 22.0. The number of hydrogen-bond acceptors (Lipinski definition) is 2. The number of hydrogen-bond donors (Lipinski definition) is 1. The molecule has 0 saturated carbocycles. The predicted molar refractivity (Wildman–Crippen MR) is 15.5 cm³/mol. The molecule has 0 radical (unpaired) electrons. The molecule has 0 heterocycles. The van der Waals surface area contributed by atoms with Gasteiger partial charge in [-0.3, -0.25) is 0 Å². The molecule has 2 nitrogen and oxygen atoms in total. The van der Waals surface area contributed by atoms with Crippen molar-refractivity contribution in [1.82, 2.24) is 0 Å². The van der Waals surface area contributed by atoms with E-state index in [9.17, 15) is 0 Å². The Hall–Kier alpha value is -0.335. The van der Waals surface area contributed by atoms with Crippen molar-refractivity contribution in [2.75, 3.05) is 7.11 Å². The Labute approximate surface area is 25.6 Å². The van der Waals surface area contributed by atoms with Crippen LogP contribution in [0.25, 0.3) is 0 Å². The van der Waals surface area contributed by atoms with Gasteiger partial charge >= 0.3 is 24.4 Å². The predicted octanol–water partition coefficient (Wildman–Crippen LogP) is 0.0144. The average Bonchev–Trinajstić information content (AvgIpc) is 1.37. The molecule has 0 aliphatic carbocycles. The van der Waals surface area contributed by atoms with Gasteiger partial charge in [0, 0.05) is 0 Å². The molecule has 0 aromatic carbocycles. The van der Waals surface area contributed by atoms with Crippen molar-refractivity contribution in [3.8, 4) is 0 Å². The quantitative estimate of drug-likeness (QED) is 0.422. The summed E-state index contributed by atoms with van der Waals surface area (Å²) in [6, 6.07) is 0. The van der Waals surface area contributed by atoms with E-state index in [4.69, 9.17) is 5.31 Å². The second-order valence-electron chi connectivity index (χ2n) is 0.354. The zero-order valence-corrected chi connectivity index (χ0v) is 2.49. The zero-order valence-electron chi connectivity index (χ0n) is 2.49. The molecular formula is CH4BNO. The van der Waals surface area contributed by atoms with Crippen molar-refractivity contribution >= 4 is 7.27 Å². The van der Waals surface area contributed by atoms with E-state index < -0.39 is 0 Å². The summed E-state index contributed by atoms with van der Waals surface area (Å²) in [7, 11) is 2.31. The van der Waals surface area contributed by atoms with E-state index in [-0.39, 0.29) is 0 Å². The van der Waals surface area contributed by atoms with Crippen molar-refractivity contribution in [3.05, 3.63) is 0 Å². The van der Waals surface area contributed by atoms with Crippen LogP contribution in [0, 0.1) is 5.31 Å². The first kappa shape index (κ1) is 3.66. The topological polar surface area (TPSA) is 33.1 Å². The third-order valence-electron chi connectivity index (χ3n) is 0.118. The standard InChI is InChI=1S/CH4BNO/c1-4-2-3/h3H,1H3. The fourth-order valence-electron chi connectivity index (χ4n) is 0. The van der Waals surface area contributed by atoms with Gasteiger partial charge in [-0.15, -0.1) is 0 Å². The van der Waals surface area contributed by atoms with Crippen LogP contribution in [0.4, 0.5) is 0 Å². The van der Waals surface area contributed by atoms with Crippen molar-refractivity contribution in [2.45, 2.75) is 0 Å². The van der Waals surface area contributed by atoms with Crippen LogP contribution < -0.4 is 0 Å². The van der Waals surface area contributed by atoms with Crippen molar-refractivity contribution < 1.29 is 4.65 Å². The molecule has 1 N–H and O–H groups in total. The molecule has 0 atom stereocenters. The number of rotatable bonds is 1. The fraction of sp³-hybridized carbons (Fsp3) is 1.00. The van der Waals surface area contributed by atoms with E-state index in [1.807, 2.05) is 0 Å². The van der Waals surface area contributed by atoms with E-state index in [0.29, 0.717) is 0 Å². The molecular weight excluding hydrogens is 52.8 g/mol. The molecule has 0 saturated heterocycles. The third-order valence-corrected chi connectivity index (χ3v) is 0.118. The fourth-order valence-corrected chi connectivity index (χ4v) is 0. The minimum atomic E-state index is 0.875. The van der Waals surface area contributed by atoms with Crippen LogP contribution in [0.5, 0.6) is 0 Å². The Morgan fingerprint density at radius 1 is 2.00 bits per heavy atom. The van der Waals surface area contributed by atoms with E-state index in [1.54, 1.807) is 0 Å². The molecule has 0 fully saturated rings. The SMILES string of the molecule is COB=N. The monoisotopic (exact) mass is 57.0 g/mol. The Morgan fingerprint density at radius 2 is 2.25 bits per heavy atom. The van der Waals surface area contributed by atoms with Gasteiger partial charge in [-0.1, -0.05) is 0 Å². The van der Waals surface area contributed by atoms with Crippen LogP contribution >= 0.6 is 0 Å². The first-order valence-corrected chi connectivity index (χ1v) is 0.933. The van der Waals surface area contributed by atoms with E-state index in [0.717, 1.165) is 7.27 Å². The Kier molecular flexibility index (Phi) is 2.44. The summed E-state index contributed by atoms with van der Waals surface area (Å²) >= 11 is 0. The summed E-state index contributed by atoms with van der Waals surface area (Å²) in [5, 5.41) is 6.10. The van der Waals surface area contributed by atoms with Crippen molar-refractivity contribution in [2.24, 2.45) is 0 Å². The summed E-state index contributed by atoms with van der Waals surface area (Å²) in [6.07, 6.45) is 0. The van der Waals surface area contributed by atoms with Crippen LogP contribution in [-0.4, -0.2) is 14.4 Å². The van der Waals surface area contributed by atoms with Gasteiger partial charge in [0.2, 0.25) is 0 Å². The van der Waals surface area contributed by atoms with E-state index >= 15 is 0 Å². The first-order valence-electron chi connectivity index (χ1n) is 0.933. The molecule has 4 heavy (non-hydrogen) atoms. The van der Waals surface area contributed by atoms with Gasteiger partial charge in [0.05, 0.1) is 0 Å². The van der Waals surface area contributed by atoms with Gasteiger partial charge in [0.25, 0.3) is 0 Å². The third kappa shape index (κ3) is 1.66. The maximum absolute atomic E-state index is 6.10. The molecule has 0 aromatic heterocycles. The molecule has 0 aromatic rings. The minimum absolute atomic E-state index is 0.875. The van der Waals surface area contributed by atoms with Crippen molar-refractivity contribution in [3.63, 3.8) is 0 Å². The van der Waals surface area contributed by atoms with E-state index in [2.05, 4.69) is 4.65 Å². The van der Waals surface area contributed by atoms with Crippen LogP contribution in [0.2, 0.25) is 0 Å². The molecule has 0 amide bonds. The summed E-state index contributed by atoms with van der Waals surface area (Å²) in [4.78, 5) is 0. The summed E-state index contributed by atoms with van der Waals surface area (Å²) < 4.78 is 4.08. The normalized spacial score (nSPS) is 4.25. The van der Waals surface area contributed by atoms with Gasteiger partial charge in [-0.25, -0.2) is 0 Å². The van der Waals surface area contributed by atoms with Crippen LogP contribution in [-0.2, 0) is 4.65 Å². The number of nitrogens with one attached hydrogen (secondary N) is 1. The van der Waals surface area contributed by atoms with Gasteiger partial charge in [-0.2, -0.15) is 0 Å². The van der Waals surface area contributed by atoms with Gasteiger partial charge in [0.15, 0.2) is 0 Å². The zero-order chi connectivity index (χ0) is 3.41. The molecule has 0 bridgehead atoms. The van der Waals surface area contributed by atoms with Gasteiger partial charge in [-0.05, 0) is 0 Å². The Balaban J connectivity index is 2.30. The summed E-state index contributed by atoms with van der Waals surface area (Å²) in [5.41, 5.74) is 0. The Morgan fingerprint density at radius 3 is 2.25 bits per heavy atom. The van der Waals surface area contributed by atoms with E-state index in [1.165, 1.54) is 7.11 Å². The molecule has 22 valence electrons. The maximum atomic E-state index is 6.10. The molecule has 0 rings (SSSR count). The summed E-state index contributed by atoms with van der Waals surface area (Å²) in [6.45, 7) is 0. The molecule has 0 aliphatic rings. The van der Waals surface area contributed by atoms with Gasteiger partial charge < -0.3 is 0 Å². The molecule has 0 spiro atoms. The second-order valence-corrected chi connectivity index (χ2v) is 0.354. The average molecular weight is 56.9 g/mol. The molecule has 3 heteroatoms.